The van der Waals surface area contributed by atoms with Gasteiger partial charge < -0.3 is 20.1 Å². The van der Waals surface area contributed by atoms with E-state index in [1.807, 2.05) is 0 Å². The molecule has 0 aliphatic rings. The SMILES string of the molecule is COC(=O)CCCN(C)C(=O)c1cccc(OC)c1N. The summed E-state index contributed by atoms with van der Waals surface area (Å²) in [4.78, 5) is 24.8. The number of nitrogens with two attached hydrogens (primary N) is 1. The van der Waals surface area contributed by atoms with Crippen molar-refractivity contribution in [3.63, 3.8) is 0 Å². The fraction of sp³-hybridized carbons (Fsp3) is 0.429. The lowest BCUT2D eigenvalue weighted by molar-refractivity contribution is -0.140. The summed E-state index contributed by atoms with van der Waals surface area (Å²) in [6, 6.07) is 5.06. The summed E-state index contributed by atoms with van der Waals surface area (Å²) in [6.07, 6.45) is 0.820. The van der Waals surface area contributed by atoms with E-state index in [1.165, 1.54) is 19.1 Å². The first-order valence-electron chi connectivity index (χ1n) is 6.26. The van der Waals surface area contributed by atoms with E-state index in [0.29, 0.717) is 30.0 Å². The summed E-state index contributed by atoms with van der Waals surface area (Å²) >= 11 is 0. The van der Waals surface area contributed by atoms with Gasteiger partial charge >= 0.3 is 5.97 Å². The second-order valence-electron chi connectivity index (χ2n) is 4.33. The minimum Gasteiger partial charge on any atom is -0.495 e. The molecule has 0 radical (unpaired) electrons. The van der Waals surface area contributed by atoms with E-state index in [2.05, 4.69) is 4.74 Å². The van der Waals surface area contributed by atoms with Gasteiger partial charge in [-0.2, -0.15) is 0 Å². The Morgan fingerprint density at radius 1 is 1.30 bits per heavy atom. The third-order valence-electron chi connectivity index (χ3n) is 2.97. The Labute approximate surface area is 118 Å². The van der Waals surface area contributed by atoms with Gasteiger partial charge in [-0.1, -0.05) is 6.07 Å². The lowest BCUT2D eigenvalue weighted by Gasteiger charge is -2.18. The van der Waals surface area contributed by atoms with Crippen LogP contribution in [0.5, 0.6) is 5.75 Å². The fourth-order valence-corrected chi connectivity index (χ4v) is 1.78. The number of anilines is 1. The molecular formula is C14H20N2O4. The van der Waals surface area contributed by atoms with Crippen molar-refractivity contribution < 1.29 is 19.1 Å². The van der Waals surface area contributed by atoms with Crippen molar-refractivity contribution in [2.24, 2.45) is 0 Å². The molecule has 6 heteroatoms. The molecule has 0 aromatic heterocycles. The molecule has 2 N–H and O–H groups in total. The lowest BCUT2D eigenvalue weighted by atomic mass is 10.1. The number of hydrogen-bond donors (Lipinski definition) is 1. The minimum absolute atomic E-state index is 0.203. The summed E-state index contributed by atoms with van der Waals surface area (Å²) in [6.45, 7) is 0.449. The number of rotatable bonds is 6. The van der Waals surface area contributed by atoms with Crippen molar-refractivity contribution >= 4 is 17.6 Å². The van der Waals surface area contributed by atoms with E-state index in [4.69, 9.17) is 10.5 Å². The summed E-state index contributed by atoms with van der Waals surface area (Å²) in [5.41, 5.74) is 6.60. The molecule has 0 saturated carbocycles. The summed E-state index contributed by atoms with van der Waals surface area (Å²) in [5.74, 6) is -0.0168. The maximum absolute atomic E-state index is 12.3. The minimum atomic E-state index is -0.285. The van der Waals surface area contributed by atoms with Crippen LogP contribution in [0.25, 0.3) is 0 Å². The van der Waals surface area contributed by atoms with Crippen molar-refractivity contribution in [3.05, 3.63) is 23.8 Å². The molecule has 0 aliphatic heterocycles. The number of ether oxygens (including phenoxy) is 2. The van der Waals surface area contributed by atoms with Crippen LogP contribution in [0, 0.1) is 0 Å². The second kappa shape index (κ2) is 7.37. The predicted octanol–water partition coefficient (Wildman–Crippen LogP) is 1.30. The van der Waals surface area contributed by atoms with Crippen molar-refractivity contribution in [1.82, 2.24) is 4.90 Å². The number of hydrogen-bond acceptors (Lipinski definition) is 5. The Kier molecular flexibility index (Phi) is 5.83. The van der Waals surface area contributed by atoms with E-state index in [-0.39, 0.29) is 18.3 Å². The number of amides is 1. The fourth-order valence-electron chi connectivity index (χ4n) is 1.78. The predicted molar refractivity (Wildman–Crippen MR) is 75.6 cm³/mol. The van der Waals surface area contributed by atoms with Crippen molar-refractivity contribution in [2.75, 3.05) is 33.5 Å². The molecule has 0 spiro atoms. The summed E-state index contributed by atoms with van der Waals surface area (Å²) in [7, 11) is 4.51. The van der Waals surface area contributed by atoms with Gasteiger partial charge in [0.2, 0.25) is 0 Å². The van der Waals surface area contributed by atoms with Gasteiger partial charge in [-0.05, 0) is 18.6 Å². The molecule has 1 aromatic rings. The number of para-hydroxylation sites is 1. The van der Waals surface area contributed by atoms with E-state index in [9.17, 15) is 9.59 Å². The average Bonchev–Trinajstić information content (AvgIpc) is 2.46. The van der Waals surface area contributed by atoms with Crippen LogP contribution in [-0.2, 0) is 9.53 Å². The Balaban J connectivity index is 2.67. The van der Waals surface area contributed by atoms with Gasteiger partial charge in [0.15, 0.2) is 0 Å². The third kappa shape index (κ3) is 3.88. The molecule has 0 saturated heterocycles. The number of esters is 1. The van der Waals surface area contributed by atoms with E-state index < -0.39 is 0 Å². The number of nitrogens with zero attached hydrogens (tertiary/aromatic N) is 1. The molecule has 1 amide bonds. The highest BCUT2D eigenvalue weighted by Crippen LogP contribution is 2.25. The molecule has 110 valence electrons. The van der Waals surface area contributed by atoms with Crippen LogP contribution >= 0.6 is 0 Å². The summed E-state index contributed by atoms with van der Waals surface area (Å²) < 4.78 is 9.63. The van der Waals surface area contributed by atoms with E-state index in [1.54, 1.807) is 25.2 Å². The summed E-state index contributed by atoms with van der Waals surface area (Å²) in [5, 5.41) is 0. The number of carbonyl (C=O) groups excluding carboxylic acids is 2. The molecule has 0 atom stereocenters. The van der Waals surface area contributed by atoms with Crippen LogP contribution in [0.4, 0.5) is 5.69 Å². The molecule has 0 aliphatic carbocycles. The van der Waals surface area contributed by atoms with Crippen molar-refractivity contribution in [3.8, 4) is 5.75 Å². The topological polar surface area (TPSA) is 81.9 Å². The first-order chi connectivity index (χ1) is 9.51. The largest absolute Gasteiger partial charge is 0.495 e. The molecular weight excluding hydrogens is 260 g/mol. The van der Waals surface area contributed by atoms with Gasteiger partial charge in [0.05, 0.1) is 25.5 Å². The highest BCUT2D eigenvalue weighted by Gasteiger charge is 2.17. The maximum atomic E-state index is 12.3. The third-order valence-corrected chi connectivity index (χ3v) is 2.97. The number of benzene rings is 1. The number of nitrogen functional groups attached to an aromatic ring is 1. The van der Waals surface area contributed by atoms with Gasteiger partial charge in [0, 0.05) is 20.0 Å². The highest BCUT2D eigenvalue weighted by atomic mass is 16.5. The van der Waals surface area contributed by atoms with Gasteiger partial charge in [0.1, 0.15) is 5.75 Å². The maximum Gasteiger partial charge on any atom is 0.305 e. The average molecular weight is 280 g/mol. The highest BCUT2D eigenvalue weighted by molar-refractivity contribution is 6.00. The molecule has 0 unspecified atom stereocenters. The standard InChI is InChI=1S/C14H20N2O4/c1-16(9-5-8-12(17)20-3)14(18)10-6-4-7-11(19-2)13(10)15/h4,6-7H,5,8-9,15H2,1-3H3. The van der Waals surface area contributed by atoms with Crippen LogP contribution < -0.4 is 10.5 Å². The second-order valence-corrected chi connectivity index (χ2v) is 4.33. The molecule has 1 aromatic carbocycles. The molecule has 20 heavy (non-hydrogen) atoms. The molecule has 6 nitrogen and oxygen atoms in total. The first-order valence-corrected chi connectivity index (χ1v) is 6.26. The van der Waals surface area contributed by atoms with Crippen LogP contribution in [0.15, 0.2) is 18.2 Å². The monoisotopic (exact) mass is 280 g/mol. The first kappa shape index (κ1) is 15.8. The van der Waals surface area contributed by atoms with Crippen molar-refractivity contribution in [1.29, 1.82) is 0 Å². The quantitative estimate of drug-likeness (QED) is 0.627. The Morgan fingerprint density at radius 3 is 2.60 bits per heavy atom. The zero-order valence-electron chi connectivity index (χ0n) is 12.0. The van der Waals surface area contributed by atoms with Crippen LogP contribution in [-0.4, -0.2) is 44.6 Å². The molecule has 0 bridgehead atoms. The van der Waals surface area contributed by atoms with E-state index in [0.717, 1.165) is 0 Å². The van der Waals surface area contributed by atoms with Gasteiger partial charge in [0.25, 0.3) is 5.91 Å². The number of carbonyl (C=O) groups is 2. The lowest BCUT2D eigenvalue weighted by Crippen LogP contribution is -2.28. The smallest absolute Gasteiger partial charge is 0.305 e. The molecule has 0 fully saturated rings. The zero-order chi connectivity index (χ0) is 15.1. The van der Waals surface area contributed by atoms with Crippen LogP contribution in [0.3, 0.4) is 0 Å². The van der Waals surface area contributed by atoms with E-state index >= 15 is 0 Å². The van der Waals surface area contributed by atoms with Gasteiger partial charge in [-0.3, -0.25) is 9.59 Å². The van der Waals surface area contributed by atoms with Crippen molar-refractivity contribution in [2.45, 2.75) is 12.8 Å². The Morgan fingerprint density at radius 2 is 2.00 bits per heavy atom. The Hall–Kier alpha value is -2.24. The molecule has 0 heterocycles. The molecule has 1 rings (SSSR count). The normalized spacial score (nSPS) is 9.95. The number of methoxy groups -OCH3 is 2. The van der Waals surface area contributed by atoms with Crippen LogP contribution in [0.2, 0.25) is 0 Å². The zero-order valence-corrected chi connectivity index (χ0v) is 12.0. The van der Waals surface area contributed by atoms with Gasteiger partial charge in [-0.15, -0.1) is 0 Å². The Bertz CT molecular complexity index is 488. The van der Waals surface area contributed by atoms with Crippen LogP contribution in [0.1, 0.15) is 23.2 Å². The van der Waals surface area contributed by atoms with Gasteiger partial charge in [-0.25, -0.2) is 0 Å².